The summed E-state index contributed by atoms with van der Waals surface area (Å²) in [6, 6.07) is 9.88. The van der Waals surface area contributed by atoms with E-state index in [9.17, 15) is 9.59 Å². The van der Waals surface area contributed by atoms with Gasteiger partial charge in [0.15, 0.2) is 0 Å². The van der Waals surface area contributed by atoms with Crippen molar-refractivity contribution >= 4 is 5.97 Å². The zero-order valence-electron chi connectivity index (χ0n) is 13.1. The molecule has 0 saturated heterocycles. The molecule has 2 aromatic heterocycles. The van der Waals surface area contributed by atoms with Crippen LogP contribution in [-0.2, 0) is 7.05 Å². The maximum Gasteiger partial charge on any atom is 0.362 e. The van der Waals surface area contributed by atoms with Gasteiger partial charge in [-0.1, -0.05) is 17.1 Å². The molecule has 124 valence electrons. The highest BCUT2D eigenvalue weighted by Gasteiger charge is 2.16. The summed E-state index contributed by atoms with van der Waals surface area (Å²) in [4.78, 5) is 22.3. The molecular formula is C17H12N4O4. The third kappa shape index (κ3) is 3.73. The van der Waals surface area contributed by atoms with Crippen LogP contribution in [0.15, 0.2) is 47.4 Å². The Morgan fingerprint density at radius 1 is 1.16 bits per heavy atom. The second kappa shape index (κ2) is 6.72. The summed E-state index contributed by atoms with van der Waals surface area (Å²) in [5.74, 6) is 5.08. The molecule has 0 bridgehead atoms. The van der Waals surface area contributed by atoms with E-state index in [-0.39, 0.29) is 17.1 Å². The van der Waals surface area contributed by atoms with Crippen molar-refractivity contribution in [3.8, 4) is 23.5 Å². The van der Waals surface area contributed by atoms with Gasteiger partial charge in [-0.15, -0.1) is 5.10 Å². The molecule has 0 atom stereocenters. The Morgan fingerprint density at radius 3 is 2.52 bits per heavy atom. The fourth-order valence-electron chi connectivity index (χ4n) is 1.97. The fraction of sp³-hybridized carbons (Fsp3) is 0.0588. The largest absolute Gasteiger partial charge is 0.476 e. The molecule has 0 saturated carbocycles. The molecule has 3 aromatic rings. The minimum Gasteiger partial charge on any atom is -0.476 e. The third-order valence-electron chi connectivity index (χ3n) is 3.23. The summed E-state index contributed by atoms with van der Waals surface area (Å²) < 4.78 is 6.87. The summed E-state index contributed by atoms with van der Waals surface area (Å²) in [5, 5.41) is 18.2. The van der Waals surface area contributed by atoms with Crippen LogP contribution in [0.4, 0.5) is 0 Å². The topological polar surface area (TPSA) is 110 Å². The molecule has 8 nitrogen and oxygen atoms in total. The number of nitrogens with one attached hydrogen (secondary N) is 1. The monoisotopic (exact) mass is 336 g/mol. The zero-order chi connectivity index (χ0) is 17.8. The van der Waals surface area contributed by atoms with Crippen LogP contribution in [0.5, 0.6) is 11.6 Å². The van der Waals surface area contributed by atoms with Crippen LogP contribution in [0, 0.1) is 11.8 Å². The average Bonchev–Trinajstić information content (AvgIpc) is 3.06. The molecule has 0 radical (unpaired) electrons. The molecule has 0 spiro atoms. The van der Waals surface area contributed by atoms with Crippen molar-refractivity contribution in [2.75, 3.05) is 0 Å². The number of ether oxygens (including phenoxy) is 1. The van der Waals surface area contributed by atoms with E-state index in [1.54, 1.807) is 43.6 Å². The number of carboxylic acids is 1. The number of aromatic carboxylic acids is 1. The number of pyridine rings is 1. The van der Waals surface area contributed by atoms with Crippen LogP contribution in [-0.4, -0.2) is 31.1 Å². The van der Waals surface area contributed by atoms with Crippen molar-refractivity contribution in [1.82, 2.24) is 20.0 Å². The number of hydrogen-bond donors (Lipinski definition) is 2. The summed E-state index contributed by atoms with van der Waals surface area (Å²) in [7, 11) is 1.66. The number of rotatable bonds is 3. The van der Waals surface area contributed by atoms with Crippen LogP contribution < -0.4 is 10.3 Å². The minimum absolute atomic E-state index is 0.0449. The third-order valence-corrected chi connectivity index (χ3v) is 3.23. The molecule has 0 amide bonds. The summed E-state index contributed by atoms with van der Waals surface area (Å²) in [6.45, 7) is 0. The van der Waals surface area contributed by atoms with Gasteiger partial charge in [0.1, 0.15) is 5.75 Å². The summed E-state index contributed by atoms with van der Waals surface area (Å²) in [6.07, 6.45) is 1.66. The van der Waals surface area contributed by atoms with Crippen molar-refractivity contribution in [3.63, 3.8) is 0 Å². The first-order chi connectivity index (χ1) is 12.0. The van der Waals surface area contributed by atoms with E-state index >= 15 is 0 Å². The first kappa shape index (κ1) is 16.0. The lowest BCUT2D eigenvalue weighted by Gasteiger charge is -2.02. The van der Waals surface area contributed by atoms with Gasteiger partial charge < -0.3 is 14.4 Å². The molecule has 0 aliphatic carbocycles. The number of aryl methyl sites for hydroxylation is 1. The number of nitrogens with zero attached hydrogens (tertiary/aromatic N) is 3. The number of hydrogen-bond acceptors (Lipinski definition) is 5. The highest BCUT2D eigenvalue weighted by atomic mass is 16.5. The molecule has 0 unspecified atom stereocenters. The van der Waals surface area contributed by atoms with E-state index in [2.05, 4.69) is 27.3 Å². The SMILES string of the molecule is Cn1cc(C#Cc2ccc(Oc3[nH]nnc3C(=O)O)cc2)ccc1=O. The van der Waals surface area contributed by atoms with E-state index < -0.39 is 5.97 Å². The highest BCUT2D eigenvalue weighted by Crippen LogP contribution is 2.21. The van der Waals surface area contributed by atoms with E-state index in [1.807, 2.05) is 0 Å². The molecule has 1 aromatic carbocycles. The van der Waals surface area contributed by atoms with E-state index in [1.165, 1.54) is 10.6 Å². The van der Waals surface area contributed by atoms with E-state index in [4.69, 9.17) is 9.84 Å². The summed E-state index contributed by atoms with van der Waals surface area (Å²) >= 11 is 0. The van der Waals surface area contributed by atoms with Gasteiger partial charge in [0, 0.05) is 30.4 Å². The standard InChI is InChI=1S/C17H12N4O4/c1-21-10-12(6-9-14(21)22)3-2-11-4-7-13(8-5-11)25-16-15(17(23)24)18-20-19-16/h4-10H,1H3,(H,23,24)(H,18,19,20). The summed E-state index contributed by atoms with van der Waals surface area (Å²) in [5.41, 5.74) is 1.07. The van der Waals surface area contributed by atoms with Crippen LogP contribution in [0.1, 0.15) is 21.6 Å². The molecule has 0 fully saturated rings. The number of aromatic nitrogens is 4. The van der Waals surface area contributed by atoms with Gasteiger partial charge in [0.05, 0.1) is 0 Å². The van der Waals surface area contributed by atoms with Gasteiger partial charge in [-0.3, -0.25) is 4.79 Å². The predicted molar refractivity (Wildman–Crippen MR) is 87.5 cm³/mol. The lowest BCUT2D eigenvalue weighted by Crippen LogP contribution is -2.14. The average molecular weight is 336 g/mol. The molecular weight excluding hydrogens is 324 g/mol. The Hall–Kier alpha value is -3.86. The Kier molecular flexibility index (Phi) is 4.30. The lowest BCUT2D eigenvalue weighted by molar-refractivity contribution is 0.0687. The van der Waals surface area contributed by atoms with Crippen molar-refractivity contribution in [2.24, 2.45) is 7.05 Å². The second-order valence-corrected chi connectivity index (χ2v) is 5.04. The van der Waals surface area contributed by atoms with Crippen molar-refractivity contribution in [1.29, 1.82) is 0 Å². The second-order valence-electron chi connectivity index (χ2n) is 5.04. The van der Waals surface area contributed by atoms with Crippen molar-refractivity contribution in [3.05, 3.63) is 69.8 Å². The fourth-order valence-corrected chi connectivity index (χ4v) is 1.97. The molecule has 0 aliphatic rings. The maximum atomic E-state index is 11.3. The molecule has 8 heteroatoms. The van der Waals surface area contributed by atoms with Crippen molar-refractivity contribution < 1.29 is 14.6 Å². The first-order valence-electron chi connectivity index (χ1n) is 7.14. The van der Waals surface area contributed by atoms with Gasteiger partial charge in [-0.05, 0) is 30.3 Å². The van der Waals surface area contributed by atoms with Gasteiger partial charge in [0.25, 0.3) is 5.88 Å². The molecule has 2 N–H and O–H groups in total. The van der Waals surface area contributed by atoms with Crippen LogP contribution in [0.2, 0.25) is 0 Å². The van der Waals surface area contributed by atoms with Crippen LogP contribution in [0.3, 0.4) is 0 Å². The van der Waals surface area contributed by atoms with Crippen LogP contribution in [0.25, 0.3) is 0 Å². The quantitative estimate of drug-likeness (QED) is 0.700. The van der Waals surface area contributed by atoms with Crippen molar-refractivity contribution in [2.45, 2.75) is 0 Å². The number of H-pyrrole nitrogens is 1. The Labute approximate surface area is 141 Å². The minimum atomic E-state index is -1.23. The Bertz CT molecular complexity index is 1040. The van der Waals surface area contributed by atoms with Gasteiger partial charge >= 0.3 is 5.97 Å². The molecule has 0 aliphatic heterocycles. The number of aromatic amines is 1. The highest BCUT2D eigenvalue weighted by molar-refractivity contribution is 5.87. The first-order valence-corrected chi connectivity index (χ1v) is 7.14. The number of carboxylic acid groups (broad SMARTS) is 1. The zero-order valence-corrected chi connectivity index (χ0v) is 13.1. The smallest absolute Gasteiger partial charge is 0.362 e. The van der Waals surface area contributed by atoms with Gasteiger partial charge in [-0.2, -0.15) is 0 Å². The normalized spacial score (nSPS) is 9.96. The maximum absolute atomic E-state index is 11.3. The van der Waals surface area contributed by atoms with Gasteiger partial charge in [-0.25, -0.2) is 9.89 Å². The molecule has 2 heterocycles. The number of carbonyl (C=O) groups is 1. The lowest BCUT2D eigenvalue weighted by atomic mass is 10.2. The Morgan fingerprint density at radius 2 is 1.84 bits per heavy atom. The van der Waals surface area contributed by atoms with E-state index in [0.29, 0.717) is 5.75 Å². The molecule has 25 heavy (non-hydrogen) atoms. The Balaban J connectivity index is 1.75. The predicted octanol–water partition coefficient (Wildman–Crippen LogP) is 1.39. The number of benzene rings is 1. The van der Waals surface area contributed by atoms with E-state index in [0.717, 1.165) is 11.1 Å². The molecule has 3 rings (SSSR count). The van der Waals surface area contributed by atoms with Gasteiger partial charge in [0.2, 0.25) is 11.3 Å². The van der Waals surface area contributed by atoms with Crippen LogP contribution >= 0.6 is 0 Å².